The molecule has 94 valence electrons. The van der Waals surface area contributed by atoms with E-state index in [0.717, 1.165) is 26.1 Å². The van der Waals surface area contributed by atoms with E-state index in [2.05, 4.69) is 6.92 Å². The highest BCUT2D eigenvalue weighted by molar-refractivity contribution is 4.80. The van der Waals surface area contributed by atoms with Crippen LogP contribution in [0.5, 0.6) is 0 Å². The van der Waals surface area contributed by atoms with Crippen molar-refractivity contribution < 1.29 is 9.47 Å². The summed E-state index contributed by atoms with van der Waals surface area (Å²) in [5.41, 5.74) is 6.21. The topological polar surface area (TPSA) is 44.5 Å². The van der Waals surface area contributed by atoms with Gasteiger partial charge in [-0.05, 0) is 51.4 Å². The molecule has 2 aliphatic heterocycles. The van der Waals surface area contributed by atoms with Crippen molar-refractivity contribution >= 4 is 0 Å². The van der Waals surface area contributed by atoms with Crippen LogP contribution in [0.25, 0.3) is 0 Å². The van der Waals surface area contributed by atoms with E-state index in [4.69, 9.17) is 15.2 Å². The normalized spacial score (nSPS) is 36.8. The molecule has 2 N–H and O–H groups in total. The minimum atomic E-state index is 0.325. The molecule has 0 aromatic rings. The van der Waals surface area contributed by atoms with Crippen LogP contribution in [0.4, 0.5) is 0 Å². The summed E-state index contributed by atoms with van der Waals surface area (Å²) in [7, 11) is 0. The lowest BCUT2D eigenvalue weighted by Crippen LogP contribution is -2.30. The highest BCUT2D eigenvalue weighted by atomic mass is 16.5. The summed E-state index contributed by atoms with van der Waals surface area (Å²) >= 11 is 0. The van der Waals surface area contributed by atoms with E-state index < -0.39 is 0 Å². The second-order valence-corrected chi connectivity index (χ2v) is 5.37. The van der Waals surface area contributed by atoms with Gasteiger partial charge in [0.2, 0.25) is 0 Å². The third kappa shape index (κ3) is 3.44. The van der Waals surface area contributed by atoms with Gasteiger partial charge >= 0.3 is 0 Å². The highest BCUT2D eigenvalue weighted by Gasteiger charge is 2.27. The van der Waals surface area contributed by atoms with Gasteiger partial charge in [0.1, 0.15) is 0 Å². The molecule has 0 saturated carbocycles. The zero-order chi connectivity index (χ0) is 11.4. The predicted molar refractivity (Wildman–Crippen MR) is 64.3 cm³/mol. The second kappa shape index (κ2) is 5.99. The molecule has 3 nitrogen and oxygen atoms in total. The van der Waals surface area contributed by atoms with Crippen molar-refractivity contribution in [2.24, 2.45) is 11.7 Å². The average Bonchev–Trinajstić information content (AvgIpc) is 2.89. The fraction of sp³-hybridized carbons (Fsp3) is 1.00. The first-order chi connectivity index (χ1) is 7.75. The Morgan fingerprint density at radius 3 is 2.88 bits per heavy atom. The minimum absolute atomic E-state index is 0.325. The SMILES string of the molecule is CC1CC(C(N)CCCC2CCCO2)CO1. The fourth-order valence-electron chi connectivity index (χ4n) is 2.84. The van der Waals surface area contributed by atoms with Gasteiger partial charge < -0.3 is 15.2 Å². The lowest BCUT2D eigenvalue weighted by Gasteiger charge is -2.18. The first kappa shape index (κ1) is 12.3. The van der Waals surface area contributed by atoms with Gasteiger partial charge in [-0.25, -0.2) is 0 Å². The molecule has 2 heterocycles. The molecule has 0 radical (unpaired) electrons. The third-order valence-electron chi connectivity index (χ3n) is 3.92. The Morgan fingerprint density at radius 2 is 2.25 bits per heavy atom. The quantitative estimate of drug-likeness (QED) is 0.782. The maximum atomic E-state index is 6.21. The molecule has 2 rings (SSSR count). The largest absolute Gasteiger partial charge is 0.378 e. The molecule has 0 amide bonds. The summed E-state index contributed by atoms with van der Waals surface area (Å²) in [5, 5.41) is 0. The molecule has 2 saturated heterocycles. The van der Waals surface area contributed by atoms with Crippen molar-refractivity contribution in [1.29, 1.82) is 0 Å². The summed E-state index contributed by atoms with van der Waals surface area (Å²) in [6.45, 7) is 3.96. The molecule has 0 aliphatic carbocycles. The predicted octanol–water partition coefficient (Wildman–Crippen LogP) is 2.09. The van der Waals surface area contributed by atoms with Crippen LogP contribution in [-0.4, -0.2) is 31.5 Å². The van der Waals surface area contributed by atoms with Gasteiger partial charge in [0.15, 0.2) is 0 Å². The van der Waals surface area contributed by atoms with Crippen LogP contribution < -0.4 is 5.73 Å². The average molecular weight is 227 g/mol. The molecule has 16 heavy (non-hydrogen) atoms. The van der Waals surface area contributed by atoms with Crippen LogP contribution in [0.1, 0.15) is 45.4 Å². The van der Waals surface area contributed by atoms with Crippen LogP contribution in [-0.2, 0) is 9.47 Å². The fourth-order valence-corrected chi connectivity index (χ4v) is 2.84. The Hall–Kier alpha value is -0.120. The Balaban J connectivity index is 1.58. The summed E-state index contributed by atoms with van der Waals surface area (Å²) in [6.07, 6.45) is 8.08. The highest BCUT2D eigenvalue weighted by Crippen LogP contribution is 2.25. The van der Waals surface area contributed by atoms with Crippen LogP contribution in [0, 0.1) is 5.92 Å². The van der Waals surface area contributed by atoms with Gasteiger partial charge in [-0.3, -0.25) is 0 Å². The van der Waals surface area contributed by atoms with Crippen LogP contribution in [0.2, 0.25) is 0 Å². The molecule has 0 bridgehead atoms. The maximum absolute atomic E-state index is 6.21. The van der Waals surface area contributed by atoms with Gasteiger partial charge in [-0.1, -0.05) is 0 Å². The standard InChI is InChI=1S/C13H25NO2/c1-10-8-11(9-16-10)13(14)6-2-4-12-5-3-7-15-12/h10-13H,2-9,14H2,1H3. The summed E-state index contributed by atoms with van der Waals surface area (Å²) in [5.74, 6) is 0.583. The van der Waals surface area contributed by atoms with Crippen LogP contribution in [0.3, 0.4) is 0 Å². The third-order valence-corrected chi connectivity index (χ3v) is 3.92. The molecular formula is C13H25NO2. The van der Waals surface area contributed by atoms with Gasteiger partial charge in [-0.2, -0.15) is 0 Å². The molecule has 0 spiro atoms. The Labute approximate surface area is 98.7 Å². The molecule has 4 unspecified atom stereocenters. The monoisotopic (exact) mass is 227 g/mol. The number of rotatable bonds is 5. The van der Waals surface area contributed by atoms with Gasteiger partial charge in [0.05, 0.1) is 18.8 Å². The molecule has 3 heteroatoms. The summed E-state index contributed by atoms with van der Waals surface area (Å²) in [4.78, 5) is 0. The van der Waals surface area contributed by atoms with E-state index in [9.17, 15) is 0 Å². The van der Waals surface area contributed by atoms with Crippen LogP contribution >= 0.6 is 0 Å². The van der Waals surface area contributed by atoms with Gasteiger partial charge in [0.25, 0.3) is 0 Å². The van der Waals surface area contributed by atoms with Crippen molar-refractivity contribution in [3.8, 4) is 0 Å². The van der Waals surface area contributed by atoms with E-state index in [1.54, 1.807) is 0 Å². The van der Waals surface area contributed by atoms with Crippen molar-refractivity contribution in [2.45, 2.75) is 63.7 Å². The lowest BCUT2D eigenvalue weighted by molar-refractivity contribution is 0.100. The zero-order valence-corrected chi connectivity index (χ0v) is 10.4. The Morgan fingerprint density at radius 1 is 1.38 bits per heavy atom. The van der Waals surface area contributed by atoms with Gasteiger partial charge in [-0.15, -0.1) is 0 Å². The van der Waals surface area contributed by atoms with E-state index in [1.165, 1.54) is 25.7 Å². The number of ether oxygens (including phenoxy) is 2. The second-order valence-electron chi connectivity index (χ2n) is 5.37. The number of nitrogens with two attached hydrogens (primary N) is 1. The summed E-state index contributed by atoms with van der Waals surface area (Å²) < 4.78 is 11.2. The molecule has 0 aromatic heterocycles. The molecule has 4 atom stereocenters. The Bertz CT molecular complexity index is 204. The molecular weight excluding hydrogens is 202 g/mol. The first-order valence-electron chi connectivity index (χ1n) is 6.74. The smallest absolute Gasteiger partial charge is 0.0576 e. The summed E-state index contributed by atoms with van der Waals surface area (Å²) in [6, 6.07) is 0.325. The van der Waals surface area contributed by atoms with E-state index in [0.29, 0.717) is 24.2 Å². The van der Waals surface area contributed by atoms with E-state index >= 15 is 0 Å². The van der Waals surface area contributed by atoms with E-state index in [1.807, 2.05) is 0 Å². The van der Waals surface area contributed by atoms with Crippen molar-refractivity contribution in [3.05, 3.63) is 0 Å². The van der Waals surface area contributed by atoms with Gasteiger partial charge in [0, 0.05) is 12.6 Å². The van der Waals surface area contributed by atoms with Crippen molar-refractivity contribution in [2.75, 3.05) is 13.2 Å². The number of hydrogen-bond acceptors (Lipinski definition) is 3. The maximum Gasteiger partial charge on any atom is 0.0576 e. The minimum Gasteiger partial charge on any atom is -0.378 e. The first-order valence-corrected chi connectivity index (χ1v) is 6.74. The molecule has 2 fully saturated rings. The van der Waals surface area contributed by atoms with Crippen molar-refractivity contribution in [3.63, 3.8) is 0 Å². The number of hydrogen-bond donors (Lipinski definition) is 1. The Kier molecular flexibility index (Phi) is 4.62. The van der Waals surface area contributed by atoms with Crippen molar-refractivity contribution in [1.82, 2.24) is 0 Å². The molecule has 2 aliphatic rings. The molecule has 0 aromatic carbocycles. The zero-order valence-electron chi connectivity index (χ0n) is 10.4. The van der Waals surface area contributed by atoms with Crippen LogP contribution in [0.15, 0.2) is 0 Å². The van der Waals surface area contributed by atoms with E-state index in [-0.39, 0.29) is 0 Å². The lowest BCUT2D eigenvalue weighted by atomic mass is 9.93.